The van der Waals surface area contributed by atoms with Gasteiger partial charge in [-0.05, 0) is 13.3 Å². The molecule has 3 N–H and O–H groups in total. The van der Waals surface area contributed by atoms with Crippen molar-refractivity contribution in [1.29, 1.82) is 0 Å². The van der Waals surface area contributed by atoms with Gasteiger partial charge >= 0.3 is 6.03 Å². The zero-order chi connectivity index (χ0) is 16.0. The molecule has 0 bridgehead atoms. The maximum absolute atomic E-state index is 11.9. The Morgan fingerprint density at radius 2 is 1.86 bits per heavy atom. The smallest absolute Gasteiger partial charge is 0.319 e. The molecule has 0 aliphatic rings. The number of aromatic nitrogens is 2. The van der Waals surface area contributed by atoms with E-state index in [2.05, 4.69) is 20.6 Å². The Morgan fingerprint density at radius 3 is 2.41 bits per heavy atom. The van der Waals surface area contributed by atoms with Gasteiger partial charge < -0.3 is 15.7 Å². The van der Waals surface area contributed by atoms with Crippen LogP contribution in [0, 0.1) is 0 Å². The number of amides is 2. The molecule has 2 amide bonds. The lowest BCUT2D eigenvalue weighted by Crippen LogP contribution is -2.50. The summed E-state index contributed by atoms with van der Waals surface area (Å²) in [5, 5.41) is 14.7. The zero-order valence-electron chi connectivity index (χ0n) is 12.7. The quantitative estimate of drug-likeness (QED) is 0.791. The van der Waals surface area contributed by atoms with E-state index in [1.165, 1.54) is 0 Å². The third-order valence-corrected chi connectivity index (χ3v) is 3.49. The van der Waals surface area contributed by atoms with Gasteiger partial charge in [-0.15, -0.1) is 0 Å². The molecule has 0 aliphatic heterocycles. The lowest BCUT2D eigenvalue weighted by Gasteiger charge is -2.27. The second-order valence-corrected chi connectivity index (χ2v) is 5.31. The normalized spacial score (nSPS) is 13.2. The fraction of sp³-hybridized carbons (Fsp3) is 0.312. The fourth-order valence-corrected chi connectivity index (χ4v) is 1.81. The number of urea groups is 1. The van der Waals surface area contributed by atoms with Gasteiger partial charge in [0.25, 0.3) is 0 Å². The topological polar surface area (TPSA) is 87.1 Å². The largest absolute Gasteiger partial charge is 0.394 e. The number of nitrogens with zero attached hydrogens (tertiary/aromatic N) is 2. The summed E-state index contributed by atoms with van der Waals surface area (Å²) in [5.41, 5.74) is 0.764. The Labute approximate surface area is 129 Å². The maximum atomic E-state index is 11.9. The fourth-order valence-electron chi connectivity index (χ4n) is 1.81. The Bertz CT molecular complexity index is 610. The molecule has 0 saturated carbocycles. The minimum atomic E-state index is -0.644. The summed E-state index contributed by atoms with van der Waals surface area (Å²) in [7, 11) is 0. The molecule has 1 unspecified atom stereocenters. The predicted octanol–water partition coefficient (Wildman–Crippen LogP) is 2.43. The van der Waals surface area contributed by atoms with Crippen molar-refractivity contribution in [2.75, 3.05) is 11.9 Å². The SMILES string of the molecule is CCC(C)(CO)NC(=O)Nc1cnc(-c2ccccc2)nc1. The highest BCUT2D eigenvalue weighted by molar-refractivity contribution is 5.89. The molecule has 1 aromatic carbocycles. The second-order valence-electron chi connectivity index (χ2n) is 5.31. The van der Waals surface area contributed by atoms with Crippen molar-refractivity contribution in [3.63, 3.8) is 0 Å². The molecule has 2 aromatic rings. The molecule has 0 spiro atoms. The number of hydrogen-bond donors (Lipinski definition) is 3. The molecule has 0 fully saturated rings. The minimum Gasteiger partial charge on any atom is -0.394 e. The highest BCUT2D eigenvalue weighted by Gasteiger charge is 2.23. The molecule has 1 heterocycles. The van der Waals surface area contributed by atoms with E-state index in [9.17, 15) is 9.90 Å². The van der Waals surface area contributed by atoms with Crippen molar-refractivity contribution in [1.82, 2.24) is 15.3 Å². The Morgan fingerprint density at radius 1 is 1.23 bits per heavy atom. The molecule has 6 nitrogen and oxygen atoms in total. The van der Waals surface area contributed by atoms with Gasteiger partial charge in [0.05, 0.1) is 30.2 Å². The van der Waals surface area contributed by atoms with E-state index in [1.807, 2.05) is 37.3 Å². The maximum Gasteiger partial charge on any atom is 0.319 e. The van der Waals surface area contributed by atoms with Gasteiger partial charge in [0.1, 0.15) is 0 Å². The van der Waals surface area contributed by atoms with E-state index in [4.69, 9.17) is 0 Å². The Balaban J connectivity index is 2.01. The van der Waals surface area contributed by atoms with E-state index in [0.29, 0.717) is 17.9 Å². The third kappa shape index (κ3) is 4.02. The first-order chi connectivity index (χ1) is 10.6. The number of carbonyl (C=O) groups is 1. The van der Waals surface area contributed by atoms with Gasteiger partial charge in [0.2, 0.25) is 0 Å². The second kappa shape index (κ2) is 7.00. The van der Waals surface area contributed by atoms with Gasteiger partial charge in [-0.1, -0.05) is 37.3 Å². The molecule has 1 atom stereocenters. The van der Waals surface area contributed by atoms with Crippen LogP contribution in [0.1, 0.15) is 20.3 Å². The van der Waals surface area contributed by atoms with Crippen molar-refractivity contribution >= 4 is 11.7 Å². The van der Waals surface area contributed by atoms with Crippen LogP contribution in [0.3, 0.4) is 0 Å². The van der Waals surface area contributed by atoms with Gasteiger partial charge in [-0.2, -0.15) is 0 Å². The zero-order valence-corrected chi connectivity index (χ0v) is 12.7. The average Bonchev–Trinajstić information content (AvgIpc) is 2.56. The summed E-state index contributed by atoms with van der Waals surface area (Å²) in [6, 6.07) is 9.20. The van der Waals surface area contributed by atoms with Gasteiger partial charge in [-0.25, -0.2) is 14.8 Å². The first-order valence-corrected chi connectivity index (χ1v) is 7.14. The van der Waals surface area contributed by atoms with Crippen molar-refractivity contribution in [2.45, 2.75) is 25.8 Å². The van der Waals surface area contributed by atoms with E-state index in [-0.39, 0.29) is 6.61 Å². The first-order valence-electron chi connectivity index (χ1n) is 7.14. The molecule has 1 aromatic heterocycles. The molecule has 0 radical (unpaired) electrons. The standard InChI is InChI=1S/C16H20N4O2/c1-3-16(2,11-21)20-15(22)19-13-9-17-14(18-10-13)12-7-5-4-6-8-12/h4-10,21H,3,11H2,1-2H3,(H2,19,20,22). The third-order valence-electron chi connectivity index (χ3n) is 3.49. The van der Waals surface area contributed by atoms with E-state index in [0.717, 1.165) is 5.56 Å². The van der Waals surface area contributed by atoms with Crippen LogP contribution in [0.15, 0.2) is 42.7 Å². The van der Waals surface area contributed by atoms with Crippen LogP contribution in [0.2, 0.25) is 0 Å². The van der Waals surface area contributed by atoms with Crippen LogP contribution in [0.5, 0.6) is 0 Å². The van der Waals surface area contributed by atoms with Crippen molar-refractivity contribution in [3.05, 3.63) is 42.7 Å². The molecule has 0 saturated heterocycles. The number of nitrogens with one attached hydrogen (secondary N) is 2. The number of aliphatic hydroxyl groups excluding tert-OH is 1. The molecule has 0 aliphatic carbocycles. The summed E-state index contributed by atoms with van der Waals surface area (Å²) < 4.78 is 0. The van der Waals surface area contributed by atoms with Crippen molar-refractivity contribution < 1.29 is 9.90 Å². The summed E-state index contributed by atoms with van der Waals surface area (Å²) in [5.74, 6) is 0.598. The number of aliphatic hydroxyl groups is 1. The predicted molar refractivity (Wildman–Crippen MR) is 85.4 cm³/mol. The summed E-state index contributed by atoms with van der Waals surface area (Å²) in [6.45, 7) is 3.55. The van der Waals surface area contributed by atoms with E-state index >= 15 is 0 Å². The average molecular weight is 300 g/mol. The van der Waals surface area contributed by atoms with Crippen LogP contribution >= 0.6 is 0 Å². The number of benzene rings is 1. The van der Waals surface area contributed by atoms with Gasteiger partial charge in [0, 0.05) is 5.56 Å². The molecular weight excluding hydrogens is 280 g/mol. The monoisotopic (exact) mass is 300 g/mol. The van der Waals surface area contributed by atoms with Crippen LogP contribution in [0.25, 0.3) is 11.4 Å². The van der Waals surface area contributed by atoms with Crippen LogP contribution in [0.4, 0.5) is 10.5 Å². The molecule has 2 rings (SSSR count). The van der Waals surface area contributed by atoms with Gasteiger partial charge in [-0.3, -0.25) is 0 Å². The highest BCUT2D eigenvalue weighted by atomic mass is 16.3. The highest BCUT2D eigenvalue weighted by Crippen LogP contribution is 2.15. The Hall–Kier alpha value is -2.47. The van der Waals surface area contributed by atoms with Crippen molar-refractivity contribution in [3.8, 4) is 11.4 Å². The summed E-state index contributed by atoms with van der Waals surface area (Å²) >= 11 is 0. The number of anilines is 1. The molecule has 6 heteroatoms. The van der Waals surface area contributed by atoms with Crippen LogP contribution in [-0.4, -0.2) is 33.3 Å². The molecule has 22 heavy (non-hydrogen) atoms. The molecule has 116 valence electrons. The lowest BCUT2D eigenvalue weighted by molar-refractivity contribution is 0.172. The summed E-state index contributed by atoms with van der Waals surface area (Å²) in [6.07, 6.45) is 3.73. The van der Waals surface area contributed by atoms with E-state index in [1.54, 1.807) is 19.3 Å². The number of rotatable bonds is 5. The van der Waals surface area contributed by atoms with Crippen molar-refractivity contribution in [2.24, 2.45) is 0 Å². The Kier molecular flexibility index (Phi) is 5.06. The number of hydrogen-bond acceptors (Lipinski definition) is 4. The first kappa shape index (κ1) is 15.9. The molecular formula is C16H20N4O2. The van der Waals surface area contributed by atoms with Gasteiger partial charge in [0.15, 0.2) is 5.82 Å². The summed E-state index contributed by atoms with van der Waals surface area (Å²) in [4.78, 5) is 20.4. The van der Waals surface area contributed by atoms with E-state index < -0.39 is 11.6 Å². The lowest BCUT2D eigenvalue weighted by atomic mass is 10.0. The van der Waals surface area contributed by atoms with Crippen LogP contribution in [-0.2, 0) is 0 Å². The minimum absolute atomic E-state index is 0.125. The van der Waals surface area contributed by atoms with Crippen LogP contribution < -0.4 is 10.6 Å². The number of carbonyl (C=O) groups excluding carboxylic acids is 1.